The van der Waals surface area contributed by atoms with Gasteiger partial charge in [-0.25, -0.2) is 4.39 Å². The molecule has 2 aromatic carbocycles. The smallest absolute Gasteiger partial charge is 0.131 e. The fraction of sp³-hybridized carbons (Fsp3) is 0.250. The number of ether oxygens (including phenoxy) is 2. The highest BCUT2D eigenvalue weighted by Gasteiger charge is 2.21. The van der Waals surface area contributed by atoms with Crippen molar-refractivity contribution in [3.8, 4) is 11.5 Å². The van der Waals surface area contributed by atoms with Crippen LogP contribution in [0.2, 0.25) is 0 Å². The predicted octanol–water partition coefficient (Wildman–Crippen LogP) is 5.48. The van der Waals surface area contributed by atoms with Crippen LogP contribution in [0.1, 0.15) is 22.9 Å². The average molecular weight is 418 g/mol. The summed E-state index contributed by atoms with van der Waals surface area (Å²) >= 11 is 7.07. The van der Waals surface area contributed by atoms with Gasteiger partial charge in [-0.2, -0.15) is 0 Å². The normalized spacial score (nSPS) is 12.0. The standard InChI is InChI=1S/C16H15Br2FO2/c1-3-21-10-7-8-11(12(17)9-10)16(18)15-13(19)5-4-6-14(15)20-2/h4-9,16H,3H2,1-2H3. The summed E-state index contributed by atoms with van der Waals surface area (Å²) < 4.78 is 25.7. The maximum absolute atomic E-state index is 14.2. The fourth-order valence-corrected chi connectivity index (χ4v) is 3.80. The van der Waals surface area contributed by atoms with E-state index in [4.69, 9.17) is 9.47 Å². The number of hydrogen-bond acceptors (Lipinski definition) is 2. The second-order valence-corrected chi connectivity index (χ2v) is 6.10. The summed E-state index contributed by atoms with van der Waals surface area (Å²) in [5.41, 5.74) is 1.38. The van der Waals surface area contributed by atoms with Crippen LogP contribution in [0, 0.1) is 5.82 Å². The molecule has 0 amide bonds. The van der Waals surface area contributed by atoms with E-state index < -0.39 is 0 Å². The molecule has 21 heavy (non-hydrogen) atoms. The van der Waals surface area contributed by atoms with E-state index in [9.17, 15) is 4.39 Å². The fourth-order valence-electron chi connectivity index (χ4n) is 2.07. The number of hydrogen-bond donors (Lipinski definition) is 0. The maximum atomic E-state index is 14.2. The molecule has 0 aromatic heterocycles. The van der Waals surface area contributed by atoms with Gasteiger partial charge in [-0.15, -0.1) is 0 Å². The molecule has 2 nitrogen and oxygen atoms in total. The van der Waals surface area contributed by atoms with Crippen LogP contribution in [0.15, 0.2) is 40.9 Å². The Morgan fingerprint density at radius 3 is 2.62 bits per heavy atom. The van der Waals surface area contributed by atoms with Crippen molar-refractivity contribution in [2.75, 3.05) is 13.7 Å². The summed E-state index contributed by atoms with van der Waals surface area (Å²) in [6.45, 7) is 2.53. The van der Waals surface area contributed by atoms with Crippen LogP contribution in [0.4, 0.5) is 4.39 Å². The van der Waals surface area contributed by atoms with Gasteiger partial charge in [0.05, 0.1) is 18.5 Å². The molecule has 5 heteroatoms. The first-order valence-corrected chi connectivity index (χ1v) is 8.18. The van der Waals surface area contributed by atoms with Gasteiger partial charge in [0.15, 0.2) is 0 Å². The van der Waals surface area contributed by atoms with Gasteiger partial charge in [0.2, 0.25) is 0 Å². The lowest BCUT2D eigenvalue weighted by Crippen LogP contribution is -2.02. The van der Waals surface area contributed by atoms with E-state index in [1.165, 1.54) is 13.2 Å². The highest BCUT2D eigenvalue weighted by atomic mass is 79.9. The Hall–Kier alpha value is -1.07. The SMILES string of the molecule is CCOc1ccc(C(Br)c2c(F)cccc2OC)c(Br)c1. The third kappa shape index (κ3) is 3.58. The Balaban J connectivity index is 2.43. The van der Waals surface area contributed by atoms with Gasteiger partial charge in [0, 0.05) is 10.0 Å². The van der Waals surface area contributed by atoms with Gasteiger partial charge in [-0.3, -0.25) is 0 Å². The Morgan fingerprint density at radius 1 is 1.24 bits per heavy atom. The molecule has 2 rings (SSSR count). The van der Waals surface area contributed by atoms with Crippen molar-refractivity contribution in [2.45, 2.75) is 11.8 Å². The molecule has 0 bridgehead atoms. The topological polar surface area (TPSA) is 18.5 Å². The van der Waals surface area contributed by atoms with Crippen molar-refractivity contribution in [1.82, 2.24) is 0 Å². The van der Waals surface area contributed by atoms with E-state index in [0.29, 0.717) is 17.9 Å². The van der Waals surface area contributed by atoms with E-state index in [-0.39, 0.29) is 10.6 Å². The number of alkyl halides is 1. The zero-order valence-corrected chi connectivity index (χ0v) is 14.9. The van der Waals surface area contributed by atoms with Gasteiger partial charge < -0.3 is 9.47 Å². The molecule has 0 aliphatic heterocycles. The molecular formula is C16H15Br2FO2. The van der Waals surface area contributed by atoms with Crippen molar-refractivity contribution in [3.05, 3.63) is 57.8 Å². The number of methoxy groups -OCH3 is 1. The molecule has 1 unspecified atom stereocenters. The molecule has 0 saturated heterocycles. The van der Waals surface area contributed by atoms with Gasteiger partial charge in [-0.1, -0.05) is 44.0 Å². The largest absolute Gasteiger partial charge is 0.496 e. The first-order chi connectivity index (χ1) is 10.1. The van der Waals surface area contributed by atoms with E-state index in [2.05, 4.69) is 31.9 Å². The summed E-state index contributed by atoms with van der Waals surface area (Å²) in [4.78, 5) is -0.321. The summed E-state index contributed by atoms with van der Waals surface area (Å²) in [6, 6.07) is 10.4. The Morgan fingerprint density at radius 2 is 2.00 bits per heavy atom. The second-order valence-electron chi connectivity index (χ2n) is 4.33. The third-order valence-corrected chi connectivity index (χ3v) is 4.68. The first kappa shape index (κ1) is 16.3. The number of rotatable bonds is 5. The summed E-state index contributed by atoms with van der Waals surface area (Å²) in [6.07, 6.45) is 0. The highest BCUT2D eigenvalue weighted by molar-refractivity contribution is 9.11. The van der Waals surface area contributed by atoms with Crippen LogP contribution in [-0.2, 0) is 0 Å². The molecule has 0 radical (unpaired) electrons. The van der Waals surface area contributed by atoms with Gasteiger partial charge in [0.25, 0.3) is 0 Å². The minimum absolute atomic E-state index is 0.308. The monoisotopic (exact) mass is 416 g/mol. The molecule has 0 fully saturated rings. The molecule has 0 aliphatic rings. The number of halogens is 3. The minimum atomic E-state index is -0.321. The van der Waals surface area contributed by atoms with E-state index in [1.807, 2.05) is 25.1 Å². The molecule has 0 N–H and O–H groups in total. The van der Waals surface area contributed by atoms with Crippen LogP contribution >= 0.6 is 31.9 Å². The second kappa shape index (κ2) is 7.27. The lowest BCUT2D eigenvalue weighted by molar-refractivity contribution is 0.340. The molecular weight excluding hydrogens is 403 g/mol. The van der Waals surface area contributed by atoms with Crippen LogP contribution in [-0.4, -0.2) is 13.7 Å². The predicted molar refractivity (Wildman–Crippen MR) is 89.0 cm³/mol. The van der Waals surface area contributed by atoms with Crippen LogP contribution in [0.5, 0.6) is 11.5 Å². The van der Waals surface area contributed by atoms with Gasteiger partial charge in [-0.05, 0) is 36.8 Å². The summed E-state index contributed by atoms with van der Waals surface area (Å²) in [7, 11) is 1.53. The highest BCUT2D eigenvalue weighted by Crippen LogP contribution is 2.41. The molecule has 0 heterocycles. The van der Waals surface area contributed by atoms with Crippen LogP contribution in [0.25, 0.3) is 0 Å². The van der Waals surface area contributed by atoms with Crippen molar-refractivity contribution in [3.63, 3.8) is 0 Å². The molecule has 2 aromatic rings. The Labute approximate surface area is 140 Å². The summed E-state index contributed by atoms with van der Waals surface area (Å²) in [5.74, 6) is 0.975. The lowest BCUT2D eigenvalue weighted by Gasteiger charge is -2.17. The maximum Gasteiger partial charge on any atom is 0.131 e. The number of benzene rings is 2. The molecule has 112 valence electrons. The van der Waals surface area contributed by atoms with Crippen LogP contribution in [0.3, 0.4) is 0 Å². The van der Waals surface area contributed by atoms with Crippen molar-refractivity contribution < 1.29 is 13.9 Å². The van der Waals surface area contributed by atoms with Crippen LogP contribution < -0.4 is 9.47 Å². The van der Waals surface area contributed by atoms with Crippen molar-refractivity contribution >= 4 is 31.9 Å². The molecule has 0 saturated carbocycles. The van der Waals surface area contributed by atoms with Crippen molar-refractivity contribution in [2.24, 2.45) is 0 Å². The van der Waals surface area contributed by atoms with E-state index >= 15 is 0 Å². The van der Waals surface area contributed by atoms with E-state index in [0.717, 1.165) is 15.8 Å². The Bertz CT molecular complexity index is 632. The quantitative estimate of drug-likeness (QED) is 0.599. The lowest BCUT2D eigenvalue weighted by atomic mass is 10.0. The molecule has 0 spiro atoms. The first-order valence-electron chi connectivity index (χ1n) is 6.47. The van der Waals surface area contributed by atoms with Crippen molar-refractivity contribution in [1.29, 1.82) is 0 Å². The van der Waals surface area contributed by atoms with Gasteiger partial charge in [0.1, 0.15) is 17.3 Å². The van der Waals surface area contributed by atoms with E-state index in [1.54, 1.807) is 12.1 Å². The Kier molecular flexibility index (Phi) is 5.65. The molecule has 1 atom stereocenters. The zero-order valence-electron chi connectivity index (χ0n) is 11.7. The minimum Gasteiger partial charge on any atom is -0.496 e. The third-order valence-electron chi connectivity index (χ3n) is 3.04. The average Bonchev–Trinajstić information content (AvgIpc) is 2.46. The zero-order chi connectivity index (χ0) is 15.4. The summed E-state index contributed by atoms with van der Waals surface area (Å²) in [5, 5.41) is 0. The van der Waals surface area contributed by atoms with Gasteiger partial charge >= 0.3 is 0 Å². The molecule has 0 aliphatic carbocycles.